The van der Waals surface area contributed by atoms with Gasteiger partial charge in [-0.05, 0) is 43.3 Å². The van der Waals surface area contributed by atoms with Gasteiger partial charge in [-0.3, -0.25) is 4.79 Å². The summed E-state index contributed by atoms with van der Waals surface area (Å²) in [4.78, 5) is 18.0. The van der Waals surface area contributed by atoms with Gasteiger partial charge in [0.15, 0.2) is 0 Å². The van der Waals surface area contributed by atoms with Crippen molar-refractivity contribution in [2.45, 2.75) is 6.92 Å². The standard InChI is InChI=1S/C19H20N4O2/c1-15-3-9-18(10-4-15)25-12-11-22(2)19(24)16-5-7-17(8-6-16)23-14-20-13-21-23/h3-10,13-14H,11-12H2,1-2H3. The number of benzene rings is 2. The number of carbonyl (C=O) groups excluding carboxylic acids is 1. The van der Waals surface area contributed by atoms with Crippen LogP contribution in [0.4, 0.5) is 0 Å². The van der Waals surface area contributed by atoms with Crippen molar-refractivity contribution in [1.82, 2.24) is 19.7 Å². The molecule has 6 nitrogen and oxygen atoms in total. The fourth-order valence-corrected chi connectivity index (χ4v) is 2.36. The Kier molecular flexibility index (Phi) is 5.09. The number of likely N-dealkylation sites (N-methyl/N-ethyl adjacent to an activating group) is 1. The maximum absolute atomic E-state index is 12.5. The molecule has 0 unspecified atom stereocenters. The van der Waals surface area contributed by atoms with Gasteiger partial charge in [-0.2, -0.15) is 5.10 Å². The molecule has 0 aliphatic heterocycles. The van der Waals surface area contributed by atoms with Gasteiger partial charge in [0, 0.05) is 12.6 Å². The van der Waals surface area contributed by atoms with Crippen molar-refractivity contribution in [3.63, 3.8) is 0 Å². The van der Waals surface area contributed by atoms with Crippen LogP contribution in [0.1, 0.15) is 15.9 Å². The second kappa shape index (κ2) is 7.61. The number of hydrogen-bond donors (Lipinski definition) is 0. The molecule has 1 aromatic heterocycles. The molecule has 0 atom stereocenters. The topological polar surface area (TPSA) is 60.2 Å². The summed E-state index contributed by atoms with van der Waals surface area (Å²) in [5.74, 6) is 0.765. The summed E-state index contributed by atoms with van der Waals surface area (Å²) in [6, 6.07) is 15.1. The van der Waals surface area contributed by atoms with E-state index in [2.05, 4.69) is 10.1 Å². The minimum Gasteiger partial charge on any atom is -0.492 e. The summed E-state index contributed by atoms with van der Waals surface area (Å²) in [5.41, 5.74) is 2.68. The highest BCUT2D eigenvalue weighted by molar-refractivity contribution is 5.94. The summed E-state index contributed by atoms with van der Waals surface area (Å²) in [6.07, 6.45) is 3.09. The third kappa shape index (κ3) is 4.23. The fourth-order valence-electron chi connectivity index (χ4n) is 2.36. The van der Waals surface area contributed by atoms with Crippen LogP contribution >= 0.6 is 0 Å². The van der Waals surface area contributed by atoms with Gasteiger partial charge in [0.2, 0.25) is 0 Å². The van der Waals surface area contributed by atoms with Crippen LogP contribution in [0, 0.1) is 6.92 Å². The Morgan fingerprint density at radius 3 is 2.48 bits per heavy atom. The SMILES string of the molecule is Cc1ccc(OCCN(C)C(=O)c2ccc(-n3cncn3)cc2)cc1. The summed E-state index contributed by atoms with van der Waals surface area (Å²) in [6.45, 7) is 2.99. The third-order valence-corrected chi connectivity index (χ3v) is 3.86. The Morgan fingerprint density at radius 2 is 1.84 bits per heavy atom. The first kappa shape index (κ1) is 16.7. The second-order valence-electron chi connectivity index (χ2n) is 5.78. The largest absolute Gasteiger partial charge is 0.492 e. The van der Waals surface area contributed by atoms with E-state index in [1.54, 1.807) is 35.1 Å². The van der Waals surface area contributed by atoms with Crippen LogP contribution in [0.5, 0.6) is 5.75 Å². The average molecular weight is 336 g/mol. The van der Waals surface area contributed by atoms with Crippen LogP contribution in [0.15, 0.2) is 61.2 Å². The van der Waals surface area contributed by atoms with Gasteiger partial charge in [-0.15, -0.1) is 0 Å². The minimum atomic E-state index is -0.0438. The zero-order chi connectivity index (χ0) is 17.6. The highest BCUT2D eigenvalue weighted by atomic mass is 16.5. The summed E-state index contributed by atoms with van der Waals surface area (Å²) < 4.78 is 7.32. The lowest BCUT2D eigenvalue weighted by Gasteiger charge is -2.18. The number of aryl methyl sites for hydroxylation is 1. The molecule has 0 saturated heterocycles. The molecule has 0 spiro atoms. The summed E-state index contributed by atoms with van der Waals surface area (Å²) in [5, 5.41) is 4.06. The Morgan fingerprint density at radius 1 is 1.12 bits per heavy atom. The molecule has 6 heteroatoms. The highest BCUT2D eigenvalue weighted by Crippen LogP contribution is 2.12. The van der Waals surface area contributed by atoms with E-state index >= 15 is 0 Å². The minimum absolute atomic E-state index is 0.0438. The van der Waals surface area contributed by atoms with Crippen molar-refractivity contribution in [2.24, 2.45) is 0 Å². The van der Waals surface area contributed by atoms with Crippen molar-refractivity contribution in [3.8, 4) is 11.4 Å². The number of ether oxygens (including phenoxy) is 1. The Balaban J connectivity index is 1.54. The van der Waals surface area contributed by atoms with Crippen molar-refractivity contribution in [2.75, 3.05) is 20.2 Å². The van der Waals surface area contributed by atoms with Gasteiger partial charge in [-0.1, -0.05) is 17.7 Å². The van der Waals surface area contributed by atoms with Crippen LogP contribution in [0.25, 0.3) is 5.69 Å². The summed E-state index contributed by atoms with van der Waals surface area (Å²) >= 11 is 0. The molecule has 25 heavy (non-hydrogen) atoms. The van der Waals surface area contributed by atoms with E-state index in [0.29, 0.717) is 18.7 Å². The summed E-state index contributed by atoms with van der Waals surface area (Å²) in [7, 11) is 1.77. The van der Waals surface area contributed by atoms with E-state index in [1.807, 2.05) is 43.3 Å². The highest BCUT2D eigenvalue weighted by Gasteiger charge is 2.12. The second-order valence-corrected chi connectivity index (χ2v) is 5.78. The first-order valence-corrected chi connectivity index (χ1v) is 8.03. The molecular weight excluding hydrogens is 316 g/mol. The Bertz CT molecular complexity index is 812. The molecule has 0 saturated carbocycles. The van der Waals surface area contributed by atoms with Gasteiger partial charge in [0.05, 0.1) is 12.2 Å². The molecule has 1 heterocycles. The predicted molar refractivity (Wildman–Crippen MR) is 95.0 cm³/mol. The van der Waals surface area contributed by atoms with E-state index in [-0.39, 0.29) is 5.91 Å². The molecule has 0 aliphatic carbocycles. The van der Waals surface area contributed by atoms with Crippen molar-refractivity contribution < 1.29 is 9.53 Å². The number of nitrogens with zero attached hydrogens (tertiary/aromatic N) is 4. The smallest absolute Gasteiger partial charge is 0.253 e. The zero-order valence-electron chi connectivity index (χ0n) is 14.3. The van der Waals surface area contributed by atoms with Crippen LogP contribution in [-0.2, 0) is 0 Å². The lowest BCUT2D eigenvalue weighted by Crippen LogP contribution is -2.30. The number of aromatic nitrogens is 3. The maximum Gasteiger partial charge on any atom is 0.253 e. The molecule has 0 aliphatic rings. The number of hydrogen-bond acceptors (Lipinski definition) is 4. The van der Waals surface area contributed by atoms with Crippen LogP contribution < -0.4 is 4.74 Å². The van der Waals surface area contributed by atoms with Crippen LogP contribution in [0.2, 0.25) is 0 Å². The molecule has 2 aromatic carbocycles. The van der Waals surface area contributed by atoms with E-state index < -0.39 is 0 Å². The molecule has 3 aromatic rings. The number of carbonyl (C=O) groups is 1. The first-order valence-electron chi connectivity index (χ1n) is 8.03. The van der Waals surface area contributed by atoms with Crippen LogP contribution in [0.3, 0.4) is 0 Å². The van der Waals surface area contributed by atoms with Crippen molar-refractivity contribution in [1.29, 1.82) is 0 Å². The normalized spacial score (nSPS) is 10.5. The maximum atomic E-state index is 12.5. The van der Waals surface area contributed by atoms with E-state index in [0.717, 1.165) is 11.4 Å². The average Bonchev–Trinajstić information content (AvgIpc) is 3.17. The Labute approximate surface area is 146 Å². The molecule has 128 valence electrons. The quantitative estimate of drug-likeness (QED) is 0.694. The van der Waals surface area contributed by atoms with E-state index in [4.69, 9.17) is 4.74 Å². The number of amides is 1. The van der Waals surface area contributed by atoms with Crippen LogP contribution in [-0.4, -0.2) is 45.8 Å². The molecule has 3 rings (SSSR count). The fraction of sp³-hybridized carbons (Fsp3) is 0.211. The van der Waals surface area contributed by atoms with Gasteiger partial charge in [0.25, 0.3) is 5.91 Å². The molecule has 0 radical (unpaired) electrons. The lowest BCUT2D eigenvalue weighted by molar-refractivity contribution is 0.0774. The molecule has 0 bridgehead atoms. The van der Waals surface area contributed by atoms with E-state index in [1.165, 1.54) is 11.9 Å². The molecular formula is C19H20N4O2. The lowest BCUT2D eigenvalue weighted by atomic mass is 10.2. The van der Waals surface area contributed by atoms with Gasteiger partial charge in [-0.25, -0.2) is 9.67 Å². The monoisotopic (exact) mass is 336 g/mol. The van der Waals surface area contributed by atoms with E-state index in [9.17, 15) is 4.79 Å². The Hall–Kier alpha value is -3.15. The van der Waals surface area contributed by atoms with Crippen molar-refractivity contribution >= 4 is 5.91 Å². The van der Waals surface area contributed by atoms with Gasteiger partial charge in [0.1, 0.15) is 25.0 Å². The zero-order valence-corrected chi connectivity index (χ0v) is 14.3. The molecule has 1 amide bonds. The van der Waals surface area contributed by atoms with Gasteiger partial charge >= 0.3 is 0 Å². The molecule has 0 N–H and O–H groups in total. The predicted octanol–water partition coefficient (Wildman–Crippen LogP) is 2.73. The third-order valence-electron chi connectivity index (χ3n) is 3.86. The van der Waals surface area contributed by atoms with Gasteiger partial charge < -0.3 is 9.64 Å². The number of rotatable bonds is 6. The molecule has 0 fully saturated rings. The van der Waals surface area contributed by atoms with Crippen molar-refractivity contribution in [3.05, 3.63) is 72.3 Å². The first-order chi connectivity index (χ1) is 12.1.